The lowest BCUT2D eigenvalue weighted by Crippen LogP contribution is -2.34. The quantitative estimate of drug-likeness (QED) is 0.848. The molecule has 24 heavy (non-hydrogen) atoms. The number of halogens is 3. The van der Waals surface area contributed by atoms with Crippen LogP contribution in [0.4, 0.5) is 13.2 Å². The van der Waals surface area contributed by atoms with Crippen LogP contribution in [0.25, 0.3) is 0 Å². The number of carbonyl (C=O) groups excluding carboxylic acids is 1. The third kappa shape index (κ3) is 4.56. The van der Waals surface area contributed by atoms with Crippen molar-refractivity contribution in [3.05, 3.63) is 47.5 Å². The van der Waals surface area contributed by atoms with Gasteiger partial charge in [0, 0.05) is 5.92 Å². The molecule has 2 N–H and O–H groups in total. The van der Waals surface area contributed by atoms with E-state index in [1.807, 2.05) is 6.92 Å². The van der Waals surface area contributed by atoms with E-state index in [-0.39, 0.29) is 17.9 Å². The maximum atomic E-state index is 12.6. The Morgan fingerprint density at radius 2 is 1.96 bits per heavy atom. The van der Waals surface area contributed by atoms with Crippen LogP contribution >= 0.6 is 0 Å². The second kappa shape index (κ2) is 7.46. The second-order valence-corrected chi connectivity index (χ2v) is 5.60. The van der Waals surface area contributed by atoms with E-state index in [1.54, 1.807) is 6.92 Å². The Labute approximate surface area is 137 Å². The SMILES string of the molecule is CCC(Cc1ccc(C(F)(F)F)cc1)C(=O)NC(C)c1ncn[nH]1. The zero-order chi connectivity index (χ0) is 17.7. The molecule has 2 atom stereocenters. The summed E-state index contributed by atoms with van der Waals surface area (Å²) in [6.45, 7) is 3.65. The van der Waals surface area contributed by atoms with Gasteiger partial charge in [-0.15, -0.1) is 0 Å². The highest BCUT2D eigenvalue weighted by Crippen LogP contribution is 2.29. The maximum Gasteiger partial charge on any atom is 0.416 e. The number of benzene rings is 1. The van der Waals surface area contributed by atoms with E-state index in [0.717, 1.165) is 12.1 Å². The van der Waals surface area contributed by atoms with E-state index in [2.05, 4.69) is 20.5 Å². The Balaban J connectivity index is 1.99. The highest BCUT2D eigenvalue weighted by atomic mass is 19.4. The second-order valence-electron chi connectivity index (χ2n) is 5.60. The molecule has 0 spiro atoms. The number of aromatic amines is 1. The number of H-pyrrole nitrogens is 1. The zero-order valence-corrected chi connectivity index (χ0v) is 13.4. The van der Waals surface area contributed by atoms with Gasteiger partial charge in [0.1, 0.15) is 12.2 Å². The van der Waals surface area contributed by atoms with Gasteiger partial charge in [-0.05, 0) is 37.5 Å². The molecule has 130 valence electrons. The number of aromatic nitrogens is 3. The summed E-state index contributed by atoms with van der Waals surface area (Å²) in [5.41, 5.74) is 0.00000918. The Hall–Kier alpha value is -2.38. The molecule has 1 amide bonds. The molecule has 1 aromatic heterocycles. The van der Waals surface area contributed by atoms with Gasteiger partial charge in [0.25, 0.3) is 0 Å². The predicted molar refractivity (Wildman–Crippen MR) is 81.9 cm³/mol. The first kappa shape index (κ1) is 18.0. The van der Waals surface area contributed by atoms with Crippen LogP contribution in [0.15, 0.2) is 30.6 Å². The van der Waals surface area contributed by atoms with Crippen LogP contribution in [0, 0.1) is 5.92 Å². The average Bonchev–Trinajstić information content (AvgIpc) is 3.06. The molecule has 1 aromatic carbocycles. The lowest BCUT2D eigenvalue weighted by molar-refractivity contribution is -0.137. The molecule has 8 heteroatoms. The number of hydrogen-bond donors (Lipinski definition) is 2. The average molecular weight is 340 g/mol. The first-order chi connectivity index (χ1) is 11.3. The lowest BCUT2D eigenvalue weighted by atomic mass is 9.95. The summed E-state index contributed by atoms with van der Waals surface area (Å²) in [5, 5.41) is 9.26. The van der Waals surface area contributed by atoms with Gasteiger partial charge in [-0.1, -0.05) is 19.1 Å². The van der Waals surface area contributed by atoms with Crippen LogP contribution < -0.4 is 5.32 Å². The number of alkyl halides is 3. The number of rotatable bonds is 6. The van der Waals surface area contributed by atoms with Crippen LogP contribution in [-0.2, 0) is 17.4 Å². The van der Waals surface area contributed by atoms with Crippen LogP contribution in [0.3, 0.4) is 0 Å². The summed E-state index contributed by atoms with van der Waals surface area (Å²) in [6.07, 6.45) is -2.04. The lowest BCUT2D eigenvalue weighted by Gasteiger charge is -2.18. The Bertz CT molecular complexity index is 653. The van der Waals surface area contributed by atoms with Gasteiger partial charge in [0.15, 0.2) is 0 Å². The van der Waals surface area contributed by atoms with Crippen molar-refractivity contribution < 1.29 is 18.0 Å². The zero-order valence-electron chi connectivity index (χ0n) is 13.4. The minimum atomic E-state index is -4.35. The van der Waals surface area contributed by atoms with Gasteiger partial charge < -0.3 is 5.32 Å². The van der Waals surface area contributed by atoms with Crippen LogP contribution in [-0.4, -0.2) is 21.1 Å². The topological polar surface area (TPSA) is 70.7 Å². The number of carbonyl (C=O) groups is 1. The normalized spacial score (nSPS) is 14.2. The molecule has 1 heterocycles. The van der Waals surface area contributed by atoms with Crippen LogP contribution in [0.1, 0.15) is 43.3 Å². The molecular formula is C16H19F3N4O. The fourth-order valence-electron chi connectivity index (χ4n) is 2.36. The third-order valence-electron chi connectivity index (χ3n) is 3.83. The highest BCUT2D eigenvalue weighted by molar-refractivity contribution is 5.79. The van der Waals surface area contributed by atoms with E-state index in [1.165, 1.54) is 18.5 Å². The molecule has 2 rings (SSSR count). The van der Waals surface area contributed by atoms with Crippen molar-refractivity contribution in [3.63, 3.8) is 0 Å². The summed E-state index contributed by atoms with van der Waals surface area (Å²) in [4.78, 5) is 16.3. The van der Waals surface area contributed by atoms with E-state index in [9.17, 15) is 18.0 Å². The predicted octanol–water partition coefficient (Wildman–Crippen LogP) is 3.27. The highest BCUT2D eigenvalue weighted by Gasteiger charge is 2.30. The number of amides is 1. The smallest absolute Gasteiger partial charge is 0.346 e. The molecular weight excluding hydrogens is 321 g/mol. The van der Waals surface area contributed by atoms with Gasteiger partial charge in [0.2, 0.25) is 5.91 Å². The van der Waals surface area contributed by atoms with Gasteiger partial charge in [-0.25, -0.2) is 4.98 Å². The van der Waals surface area contributed by atoms with Crippen molar-refractivity contribution in [2.24, 2.45) is 5.92 Å². The van der Waals surface area contributed by atoms with E-state index < -0.39 is 11.7 Å². The van der Waals surface area contributed by atoms with Crippen molar-refractivity contribution in [2.75, 3.05) is 0 Å². The molecule has 0 aliphatic heterocycles. The fraction of sp³-hybridized carbons (Fsp3) is 0.438. The standard InChI is InChI=1S/C16H19F3N4O/c1-3-12(15(24)22-10(2)14-20-9-21-23-14)8-11-4-6-13(7-5-11)16(17,18)19/h4-7,9-10,12H,3,8H2,1-2H3,(H,22,24)(H,20,21,23). The van der Waals surface area contributed by atoms with Gasteiger partial charge in [0.05, 0.1) is 11.6 Å². The molecule has 0 saturated heterocycles. The molecule has 2 unspecified atom stereocenters. The van der Waals surface area contributed by atoms with Crippen molar-refractivity contribution in [3.8, 4) is 0 Å². The molecule has 0 aliphatic rings. The summed E-state index contributed by atoms with van der Waals surface area (Å²) < 4.78 is 37.7. The van der Waals surface area contributed by atoms with Crippen molar-refractivity contribution in [1.82, 2.24) is 20.5 Å². The van der Waals surface area contributed by atoms with Crippen LogP contribution in [0.2, 0.25) is 0 Å². The first-order valence-corrected chi connectivity index (χ1v) is 7.63. The summed E-state index contributed by atoms with van der Waals surface area (Å²) in [5.74, 6) is 0.0566. The monoisotopic (exact) mass is 340 g/mol. The maximum absolute atomic E-state index is 12.6. The number of nitrogens with zero attached hydrogens (tertiary/aromatic N) is 2. The van der Waals surface area contributed by atoms with Crippen molar-refractivity contribution in [1.29, 1.82) is 0 Å². The van der Waals surface area contributed by atoms with Gasteiger partial charge >= 0.3 is 6.18 Å². The van der Waals surface area contributed by atoms with E-state index in [4.69, 9.17) is 0 Å². The summed E-state index contributed by atoms with van der Waals surface area (Å²) >= 11 is 0. The fourth-order valence-corrected chi connectivity index (χ4v) is 2.36. The summed E-state index contributed by atoms with van der Waals surface area (Å²) in [6, 6.07) is 4.59. The molecule has 0 radical (unpaired) electrons. The number of hydrogen-bond acceptors (Lipinski definition) is 3. The van der Waals surface area contributed by atoms with E-state index in [0.29, 0.717) is 24.2 Å². The minimum absolute atomic E-state index is 0.165. The summed E-state index contributed by atoms with van der Waals surface area (Å²) in [7, 11) is 0. The van der Waals surface area contributed by atoms with Crippen molar-refractivity contribution >= 4 is 5.91 Å². The largest absolute Gasteiger partial charge is 0.416 e. The van der Waals surface area contributed by atoms with Crippen molar-refractivity contribution in [2.45, 2.75) is 38.9 Å². The Morgan fingerprint density at radius 1 is 1.29 bits per heavy atom. The van der Waals surface area contributed by atoms with Gasteiger partial charge in [-0.3, -0.25) is 9.89 Å². The third-order valence-corrected chi connectivity index (χ3v) is 3.83. The Morgan fingerprint density at radius 3 is 2.46 bits per heavy atom. The first-order valence-electron chi connectivity index (χ1n) is 7.63. The van der Waals surface area contributed by atoms with E-state index >= 15 is 0 Å². The molecule has 2 aromatic rings. The number of nitrogens with one attached hydrogen (secondary N) is 2. The van der Waals surface area contributed by atoms with Gasteiger partial charge in [-0.2, -0.15) is 18.3 Å². The molecule has 0 saturated carbocycles. The minimum Gasteiger partial charge on any atom is -0.346 e. The molecule has 0 fully saturated rings. The molecule has 5 nitrogen and oxygen atoms in total. The Kier molecular flexibility index (Phi) is 5.58. The molecule has 0 bridgehead atoms. The van der Waals surface area contributed by atoms with Crippen LogP contribution in [0.5, 0.6) is 0 Å². The molecule has 0 aliphatic carbocycles.